The molecule has 1 spiro atoms. The standard InChI is InChI=1S/C18H16F3N3O4S/c19-18(20,21)13-5-3-12(4-6-13)16(25)24-9-7-17(11-24)10-23-29(26,27)14-2-1-8-22-15(14)28-17/h1-6,8H,7,9-11H2,(H-,23,26,27). The number of ether oxygens (including phenoxy) is 1. The predicted molar refractivity (Wildman–Crippen MR) is 94.7 cm³/mol. The molecule has 1 aromatic carbocycles. The van der Waals surface area contributed by atoms with Crippen molar-refractivity contribution in [1.82, 2.24) is 14.6 Å². The van der Waals surface area contributed by atoms with E-state index < -0.39 is 33.6 Å². The van der Waals surface area contributed by atoms with Crippen LogP contribution in [0, 0.1) is 0 Å². The average Bonchev–Trinajstić information content (AvgIpc) is 3.05. The number of alkyl halides is 3. The van der Waals surface area contributed by atoms with Crippen molar-refractivity contribution in [3.05, 3.63) is 53.7 Å². The molecule has 7 nitrogen and oxygen atoms in total. The van der Waals surface area contributed by atoms with Crippen LogP contribution in [-0.2, 0) is 20.8 Å². The summed E-state index contributed by atoms with van der Waals surface area (Å²) >= 11 is 0. The zero-order chi connectivity index (χ0) is 20.9. The molecule has 154 valence electrons. The summed E-state index contributed by atoms with van der Waals surface area (Å²) in [4.78, 5) is 18.1. The maximum atomic E-state index is 12.7. The second-order valence-electron chi connectivity index (χ2n) is 6.97. The van der Waals surface area contributed by atoms with Gasteiger partial charge in [0.2, 0.25) is 4.90 Å². The molecule has 1 saturated heterocycles. The van der Waals surface area contributed by atoms with E-state index >= 15 is 0 Å². The fourth-order valence-corrected chi connectivity index (χ4v) is 4.62. The number of amides is 1. The van der Waals surface area contributed by atoms with Crippen LogP contribution >= 0.6 is 0 Å². The SMILES string of the molecule is O=C(c1ccc(C(F)(F)F)cc1)N1CCC2(CN[S+](=O)([O-])c3cccnc3O2)C1. The van der Waals surface area contributed by atoms with Crippen LogP contribution in [0.15, 0.2) is 47.5 Å². The molecular formula is C18H16F3N3O4S. The maximum absolute atomic E-state index is 12.7. The number of likely N-dealkylation sites (tertiary alicyclic amines) is 1. The molecule has 2 aliphatic heterocycles. The third-order valence-corrected chi connectivity index (χ3v) is 6.40. The van der Waals surface area contributed by atoms with E-state index in [2.05, 4.69) is 9.71 Å². The number of hydrogen-bond acceptors (Lipinski definition) is 5. The van der Waals surface area contributed by atoms with Crippen LogP contribution in [0.4, 0.5) is 13.2 Å². The highest BCUT2D eigenvalue weighted by molar-refractivity contribution is 7.95. The number of fused-ring (bicyclic) bond motifs is 1. The lowest BCUT2D eigenvalue weighted by molar-refractivity contribution is -0.137. The molecule has 0 saturated carbocycles. The van der Waals surface area contributed by atoms with Crippen LogP contribution < -0.4 is 9.46 Å². The van der Waals surface area contributed by atoms with Crippen molar-refractivity contribution in [1.29, 1.82) is 0 Å². The van der Waals surface area contributed by atoms with Crippen molar-refractivity contribution in [2.75, 3.05) is 19.6 Å². The lowest BCUT2D eigenvalue weighted by Crippen LogP contribution is -2.49. The Morgan fingerprint density at radius 3 is 2.69 bits per heavy atom. The van der Waals surface area contributed by atoms with E-state index in [-0.39, 0.29) is 36.0 Å². The number of carbonyl (C=O) groups excluding carboxylic acids is 1. The quantitative estimate of drug-likeness (QED) is 0.705. The molecule has 1 amide bonds. The molecule has 0 bridgehead atoms. The normalized spacial score (nSPS) is 26.7. The van der Waals surface area contributed by atoms with Gasteiger partial charge in [-0.25, -0.2) is 4.98 Å². The Hall–Kier alpha value is -2.50. The third kappa shape index (κ3) is 3.72. The first kappa shape index (κ1) is 19.8. The second kappa shape index (κ2) is 6.78. The van der Waals surface area contributed by atoms with Crippen molar-refractivity contribution in [2.24, 2.45) is 0 Å². The van der Waals surface area contributed by atoms with Crippen molar-refractivity contribution in [3.63, 3.8) is 0 Å². The highest BCUT2D eigenvalue weighted by Crippen LogP contribution is 2.35. The number of pyridine rings is 1. The first-order valence-corrected chi connectivity index (χ1v) is 10.2. The van der Waals surface area contributed by atoms with E-state index in [1.54, 1.807) is 0 Å². The number of hydrogen-bond donors (Lipinski definition) is 1. The number of nitrogens with zero attached hydrogens (tertiary/aromatic N) is 2. The van der Waals surface area contributed by atoms with E-state index in [4.69, 9.17) is 4.74 Å². The van der Waals surface area contributed by atoms with Gasteiger partial charge in [0.05, 0.1) is 18.7 Å². The van der Waals surface area contributed by atoms with Crippen LogP contribution in [0.25, 0.3) is 0 Å². The fraction of sp³-hybridized carbons (Fsp3) is 0.333. The highest BCUT2D eigenvalue weighted by atomic mass is 32.3. The average molecular weight is 427 g/mol. The number of nitrogens with one attached hydrogen (secondary N) is 1. The Morgan fingerprint density at radius 1 is 1.28 bits per heavy atom. The Bertz CT molecular complexity index is 999. The van der Waals surface area contributed by atoms with Gasteiger partial charge in [-0.3, -0.25) is 4.79 Å². The van der Waals surface area contributed by atoms with E-state index in [0.717, 1.165) is 24.3 Å². The van der Waals surface area contributed by atoms with Crippen molar-refractivity contribution < 1.29 is 31.5 Å². The summed E-state index contributed by atoms with van der Waals surface area (Å²) in [5.74, 6) is -0.492. The summed E-state index contributed by atoms with van der Waals surface area (Å²) in [5.41, 5.74) is -1.73. The molecule has 29 heavy (non-hydrogen) atoms. The van der Waals surface area contributed by atoms with Crippen LogP contribution in [0.1, 0.15) is 22.3 Å². The monoisotopic (exact) mass is 427 g/mol. The molecule has 2 atom stereocenters. The van der Waals surface area contributed by atoms with Crippen LogP contribution in [0.2, 0.25) is 0 Å². The van der Waals surface area contributed by atoms with Crippen LogP contribution in [0.5, 0.6) is 5.88 Å². The van der Waals surface area contributed by atoms with Crippen molar-refractivity contribution in [3.8, 4) is 5.88 Å². The molecule has 3 heterocycles. The largest absolute Gasteiger partial charge is 0.593 e. The molecule has 2 aromatic rings. The van der Waals surface area contributed by atoms with Gasteiger partial charge in [0.15, 0.2) is 10.4 Å². The third-order valence-electron chi connectivity index (χ3n) is 4.99. The lowest BCUT2D eigenvalue weighted by Gasteiger charge is -2.27. The zero-order valence-corrected chi connectivity index (χ0v) is 15.8. The number of halogens is 3. The van der Waals surface area contributed by atoms with E-state index in [0.29, 0.717) is 6.42 Å². The molecule has 1 N–H and O–H groups in total. The van der Waals surface area contributed by atoms with Gasteiger partial charge in [0.25, 0.3) is 11.8 Å². The Kier molecular flexibility index (Phi) is 4.63. The molecule has 0 radical (unpaired) electrons. The first-order valence-electron chi connectivity index (χ1n) is 8.70. The van der Waals surface area contributed by atoms with Gasteiger partial charge in [0, 0.05) is 30.8 Å². The number of rotatable bonds is 1. The maximum Gasteiger partial charge on any atom is 0.416 e. The smallest absolute Gasteiger partial charge is 0.416 e. The number of benzene rings is 1. The molecule has 2 aliphatic rings. The molecule has 0 aliphatic carbocycles. The van der Waals surface area contributed by atoms with Gasteiger partial charge in [-0.05, 0) is 30.3 Å². The van der Waals surface area contributed by atoms with Gasteiger partial charge < -0.3 is 14.2 Å². The summed E-state index contributed by atoms with van der Waals surface area (Å²) in [7, 11) is -3.80. The highest BCUT2D eigenvalue weighted by Gasteiger charge is 2.48. The van der Waals surface area contributed by atoms with Crippen LogP contribution in [0.3, 0.4) is 0 Å². The van der Waals surface area contributed by atoms with E-state index in [1.807, 2.05) is 0 Å². The second-order valence-corrected chi connectivity index (χ2v) is 8.70. The summed E-state index contributed by atoms with van der Waals surface area (Å²) < 4.78 is 71.3. The van der Waals surface area contributed by atoms with Crippen molar-refractivity contribution in [2.45, 2.75) is 23.1 Å². The number of carbonyl (C=O) groups is 1. The number of sulfonamides is 1. The van der Waals surface area contributed by atoms with E-state index in [9.17, 15) is 26.7 Å². The van der Waals surface area contributed by atoms with Gasteiger partial charge in [-0.2, -0.15) is 13.2 Å². The van der Waals surface area contributed by atoms with Gasteiger partial charge in [-0.1, -0.05) is 4.21 Å². The van der Waals surface area contributed by atoms with Gasteiger partial charge in [0.1, 0.15) is 5.60 Å². The Morgan fingerprint density at radius 2 is 2.00 bits per heavy atom. The molecule has 1 fully saturated rings. The summed E-state index contributed by atoms with van der Waals surface area (Å²) in [6.07, 6.45) is -2.73. The number of aromatic nitrogens is 1. The lowest BCUT2D eigenvalue weighted by atomic mass is 10.0. The topological polar surface area (TPSA) is 94.6 Å². The zero-order valence-electron chi connectivity index (χ0n) is 14.9. The summed E-state index contributed by atoms with van der Waals surface area (Å²) in [5, 5.41) is 0. The molecule has 2 unspecified atom stereocenters. The molecule has 4 rings (SSSR count). The first-order chi connectivity index (χ1) is 13.6. The van der Waals surface area contributed by atoms with Crippen molar-refractivity contribution >= 4 is 16.3 Å². The molecule has 11 heteroatoms. The minimum atomic E-state index is -4.48. The molecular weight excluding hydrogens is 411 g/mol. The van der Waals surface area contributed by atoms with E-state index in [1.165, 1.54) is 23.2 Å². The minimum absolute atomic E-state index is 0.0404. The molecule has 1 aromatic heterocycles. The Labute approximate surface area is 165 Å². The Balaban J connectivity index is 1.54. The van der Waals surface area contributed by atoms with Gasteiger partial charge >= 0.3 is 6.18 Å². The van der Waals surface area contributed by atoms with Crippen LogP contribution in [-0.4, -0.2) is 45.6 Å². The summed E-state index contributed by atoms with van der Waals surface area (Å²) in [6.45, 7) is 0.289. The van der Waals surface area contributed by atoms with Gasteiger partial charge in [-0.15, -0.1) is 4.72 Å². The minimum Gasteiger partial charge on any atom is -0.593 e. The fourth-order valence-electron chi connectivity index (χ4n) is 3.43. The predicted octanol–water partition coefficient (Wildman–Crippen LogP) is 2.27. The summed E-state index contributed by atoms with van der Waals surface area (Å²) in [6, 6.07) is 6.83.